The van der Waals surface area contributed by atoms with Crippen LogP contribution < -0.4 is 11.5 Å². The zero-order chi connectivity index (χ0) is 23.5. The quantitative estimate of drug-likeness (QED) is 0.256. The maximum absolute atomic E-state index is 11.2. The van der Waals surface area contributed by atoms with E-state index in [1.54, 1.807) is 0 Å². The van der Waals surface area contributed by atoms with Gasteiger partial charge in [-0.1, -0.05) is 30.3 Å². The van der Waals surface area contributed by atoms with E-state index < -0.39 is 36.6 Å². The number of aliphatic hydroxyl groups is 2. The van der Waals surface area contributed by atoms with E-state index in [0.717, 1.165) is 5.56 Å². The Morgan fingerprint density at radius 3 is 2.67 bits per heavy atom. The van der Waals surface area contributed by atoms with Gasteiger partial charge in [-0.05, 0) is 10.9 Å². The highest BCUT2D eigenvalue weighted by molar-refractivity contribution is 7.96. The Labute approximate surface area is 192 Å². The number of ether oxygens (including phenoxy) is 1. The number of hydrogen-bond acceptors (Lipinski definition) is 9. The van der Waals surface area contributed by atoms with E-state index in [0.29, 0.717) is 34.8 Å². The van der Waals surface area contributed by atoms with Gasteiger partial charge in [0, 0.05) is 12.0 Å². The van der Waals surface area contributed by atoms with Gasteiger partial charge in [0.25, 0.3) is 0 Å². The molecule has 1 aromatic carbocycles. The summed E-state index contributed by atoms with van der Waals surface area (Å²) in [4.78, 5) is 23.5. The van der Waals surface area contributed by atoms with Crippen molar-refractivity contribution >= 4 is 33.8 Å². The number of benzene rings is 1. The van der Waals surface area contributed by atoms with Crippen LogP contribution in [-0.2, 0) is 26.2 Å². The lowest BCUT2D eigenvalue weighted by atomic mass is 10.1. The number of carboxylic acids is 1. The molecule has 0 unspecified atom stereocenters. The third-order valence-electron chi connectivity index (χ3n) is 5.65. The van der Waals surface area contributed by atoms with E-state index in [-0.39, 0.29) is 16.7 Å². The fourth-order valence-corrected chi connectivity index (χ4v) is 6.25. The molecule has 0 spiro atoms. The Bertz CT molecular complexity index is 1100. The maximum atomic E-state index is 11.2. The number of nitrogen functional groups attached to an aromatic ring is 1. The molecule has 1 aliphatic heterocycles. The number of carboxylic acid groups (broad SMARTS) is 1. The zero-order valence-electron chi connectivity index (χ0n) is 17.8. The summed E-state index contributed by atoms with van der Waals surface area (Å²) >= 11 is 0. The predicted molar refractivity (Wildman–Crippen MR) is 123 cm³/mol. The Balaban J connectivity index is 1.51. The summed E-state index contributed by atoms with van der Waals surface area (Å²) in [5, 5.41) is 30.6. The number of hydrogen-bond donors (Lipinski definition) is 5. The summed E-state index contributed by atoms with van der Waals surface area (Å²) in [6.07, 6.45) is -0.829. The van der Waals surface area contributed by atoms with Gasteiger partial charge in [-0.3, -0.25) is 9.36 Å². The van der Waals surface area contributed by atoms with Crippen molar-refractivity contribution in [3.05, 3.63) is 48.5 Å². The topological polar surface area (TPSA) is 183 Å². The highest BCUT2D eigenvalue weighted by Crippen LogP contribution is 2.33. The summed E-state index contributed by atoms with van der Waals surface area (Å²) in [6.45, 7) is 0. The van der Waals surface area contributed by atoms with E-state index in [2.05, 4.69) is 15.0 Å². The summed E-state index contributed by atoms with van der Waals surface area (Å²) in [6, 6.07) is 8.87. The van der Waals surface area contributed by atoms with Gasteiger partial charge in [0.05, 0.1) is 6.33 Å². The van der Waals surface area contributed by atoms with Crippen molar-refractivity contribution in [1.29, 1.82) is 0 Å². The van der Waals surface area contributed by atoms with Crippen molar-refractivity contribution in [3.8, 4) is 0 Å². The molecular weight excluding hydrogens is 448 g/mol. The number of nitrogens with zero attached hydrogens (tertiary/aromatic N) is 4. The molecule has 0 bridgehead atoms. The molecule has 0 amide bonds. The molecule has 33 heavy (non-hydrogen) atoms. The van der Waals surface area contributed by atoms with Gasteiger partial charge in [0.15, 0.2) is 17.7 Å². The fourth-order valence-electron chi connectivity index (χ4n) is 3.83. The SMILES string of the molecule is Nc1ncnc2c1ncn2[C@@H]1O[C@H](C[S@@+](CC[C@H](N)C(=O)O)Cc2ccccc2)[C@@H](O)[C@H]1O. The molecule has 7 N–H and O–H groups in total. The average molecular weight is 476 g/mol. The number of rotatable bonds is 9. The summed E-state index contributed by atoms with van der Waals surface area (Å²) in [7, 11) is -0.341. The molecule has 4 rings (SSSR count). The maximum Gasteiger partial charge on any atom is 0.320 e. The number of fused-ring (bicyclic) bond motifs is 1. The molecule has 1 fully saturated rings. The number of anilines is 1. The molecule has 0 aliphatic carbocycles. The second-order valence-corrected chi connectivity index (χ2v) is 10.2. The zero-order valence-corrected chi connectivity index (χ0v) is 18.6. The van der Waals surface area contributed by atoms with Crippen molar-refractivity contribution < 1.29 is 24.9 Å². The lowest BCUT2D eigenvalue weighted by Crippen LogP contribution is -2.38. The van der Waals surface area contributed by atoms with Crippen LogP contribution in [0.4, 0.5) is 5.82 Å². The number of aliphatic carboxylic acids is 1. The van der Waals surface area contributed by atoms with Gasteiger partial charge in [-0.15, -0.1) is 0 Å². The Hall–Kier alpha value is -2.77. The molecule has 3 aromatic rings. The number of carbonyl (C=O) groups is 1. The van der Waals surface area contributed by atoms with Crippen LogP contribution in [0.1, 0.15) is 18.2 Å². The molecule has 6 atom stereocenters. The molecule has 1 saturated heterocycles. The predicted octanol–water partition coefficient (Wildman–Crippen LogP) is -0.352. The number of nitrogens with two attached hydrogens (primary N) is 2. The Morgan fingerprint density at radius 2 is 1.94 bits per heavy atom. The van der Waals surface area contributed by atoms with E-state index in [4.69, 9.17) is 21.3 Å². The lowest BCUT2D eigenvalue weighted by Gasteiger charge is -2.17. The van der Waals surface area contributed by atoms with Crippen LogP contribution in [0.5, 0.6) is 0 Å². The van der Waals surface area contributed by atoms with Gasteiger partial charge in [0.1, 0.15) is 53.5 Å². The smallest absolute Gasteiger partial charge is 0.320 e. The van der Waals surface area contributed by atoms with Crippen LogP contribution in [0.15, 0.2) is 43.0 Å². The molecule has 176 valence electrons. The molecule has 11 nitrogen and oxygen atoms in total. The van der Waals surface area contributed by atoms with Crippen molar-refractivity contribution in [3.63, 3.8) is 0 Å². The largest absolute Gasteiger partial charge is 0.480 e. The monoisotopic (exact) mass is 475 g/mol. The second-order valence-electron chi connectivity index (χ2n) is 7.98. The lowest BCUT2D eigenvalue weighted by molar-refractivity contribution is -0.138. The molecule has 3 heterocycles. The normalized spacial score (nSPS) is 24.7. The minimum absolute atomic E-state index is 0.211. The first kappa shape index (κ1) is 23.4. The van der Waals surface area contributed by atoms with Crippen LogP contribution >= 0.6 is 0 Å². The van der Waals surface area contributed by atoms with E-state index in [1.165, 1.54) is 17.2 Å². The minimum Gasteiger partial charge on any atom is -0.480 e. The van der Waals surface area contributed by atoms with Gasteiger partial charge in [-0.25, -0.2) is 15.0 Å². The van der Waals surface area contributed by atoms with Crippen LogP contribution in [0.3, 0.4) is 0 Å². The molecule has 1 aliphatic rings. The first-order valence-corrected chi connectivity index (χ1v) is 12.2. The Morgan fingerprint density at radius 1 is 1.18 bits per heavy atom. The third kappa shape index (κ3) is 5.09. The van der Waals surface area contributed by atoms with Gasteiger partial charge >= 0.3 is 5.97 Å². The molecular formula is C21H27N6O5S+. The molecule has 12 heteroatoms. The van der Waals surface area contributed by atoms with Crippen LogP contribution in [0.25, 0.3) is 11.2 Å². The fraction of sp³-hybridized carbons (Fsp3) is 0.429. The Kier molecular flexibility index (Phi) is 7.10. The molecule has 0 saturated carbocycles. The van der Waals surface area contributed by atoms with Gasteiger partial charge < -0.3 is 31.5 Å². The van der Waals surface area contributed by atoms with Crippen LogP contribution in [0, 0.1) is 0 Å². The summed E-state index contributed by atoms with van der Waals surface area (Å²) in [5.74, 6) is 0.868. The van der Waals surface area contributed by atoms with E-state index in [9.17, 15) is 15.0 Å². The highest BCUT2D eigenvalue weighted by atomic mass is 32.2. The number of aromatic nitrogens is 4. The average Bonchev–Trinajstić information content (AvgIpc) is 3.35. The molecule has 2 aromatic heterocycles. The summed E-state index contributed by atoms with van der Waals surface area (Å²) < 4.78 is 7.62. The van der Waals surface area contributed by atoms with Crippen LogP contribution in [-0.4, -0.2) is 76.7 Å². The third-order valence-corrected chi connectivity index (χ3v) is 8.00. The summed E-state index contributed by atoms with van der Waals surface area (Å²) in [5.41, 5.74) is 13.4. The van der Waals surface area contributed by atoms with Crippen molar-refractivity contribution in [2.75, 3.05) is 17.2 Å². The number of imidazole rings is 1. The van der Waals surface area contributed by atoms with E-state index >= 15 is 0 Å². The van der Waals surface area contributed by atoms with Crippen LogP contribution in [0.2, 0.25) is 0 Å². The van der Waals surface area contributed by atoms with E-state index in [1.807, 2.05) is 30.3 Å². The van der Waals surface area contributed by atoms with Crippen molar-refractivity contribution in [2.45, 2.75) is 42.8 Å². The first-order valence-electron chi connectivity index (χ1n) is 10.5. The highest BCUT2D eigenvalue weighted by Gasteiger charge is 2.47. The second kappa shape index (κ2) is 10.0. The van der Waals surface area contributed by atoms with Gasteiger partial charge in [0.2, 0.25) is 0 Å². The first-order chi connectivity index (χ1) is 15.8. The number of aliphatic hydroxyl groups excluding tert-OH is 2. The van der Waals surface area contributed by atoms with Gasteiger partial charge in [-0.2, -0.15) is 0 Å². The van der Waals surface area contributed by atoms with Crippen molar-refractivity contribution in [2.24, 2.45) is 5.73 Å². The molecule has 0 radical (unpaired) electrons. The van der Waals surface area contributed by atoms with Crippen molar-refractivity contribution in [1.82, 2.24) is 19.5 Å². The standard InChI is InChI=1S/C21H26N6O5S/c22-13(21(30)31)6-7-33(8-12-4-2-1-3-5-12)9-14-16(28)17(29)20(32-14)27-11-26-15-18(23)24-10-25-19(15)27/h1-5,10-11,13-14,16-17,20,28-29H,6-9,22H2,(H2-,23,24,25,30,31)/p+1/t13-,14+,16+,17+,20+,33-/m0/s1. The minimum atomic E-state index is -1.20.